The molecule has 1 heterocycles. The Bertz CT molecular complexity index is 856. The quantitative estimate of drug-likeness (QED) is 0.723. The number of amides is 1. The molecule has 6 heteroatoms. The number of carbonyl (C=O) groups is 1. The van der Waals surface area contributed by atoms with Crippen molar-refractivity contribution < 1.29 is 9.53 Å². The first-order valence-corrected chi connectivity index (χ1v) is 8.15. The number of para-hydroxylation sites is 1. The number of nitrogens with one attached hydrogen (secondary N) is 2. The number of anilines is 1. The maximum absolute atomic E-state index is 12.2. The van der Waals surface area contributed by atoms with E-state index in [4.69, 9.17) is 4.74 Å². The van der Waals surface area contributed by atoms with E-state index in [1.165, 1.54) is 0 Å². The summed E-state index contributed by atoms with van der Waals surface area (Å²) in [6.07, 6.45) is 0.770. The number of ether oxygens (including phenoxy) is 1. The van der Waals surface area contributed by atoms with Crippen LogP contribution in [0.1, 0.15) is 18.3 Å². The van der Waals surface area contributed by atoms with Crippen molar-refractivity contribution in [1.82, 2.24) is 15.2 Å². The first-order chi connectivity index (χ1) is 12.2. The molecule has 0 unspecified atom stereocenters. The van der Waals surface area contributed by atoms with Crippen LogP contribution in [0.2, 0.25) is 0 Å². The number of nitrogens with zero attached hydrogens (tertiary/aromatic N) is 2. The lowest BCUT2D eigenvalue weighted by Crippen LogP contribution is -2.20. The van der Waals surface area contributed by atoms with Crippen LogP contribution in [0.25, 0.3) is 11.4 Å². The van der Waals surface area contributed by atoms with Crippen molar-refractivity contribution in [3.63, 3.8) is 0 Å². The topological polar surface area (TPSA) is 79.9 Å². The van der Waals surface area contributed by atoms with Crippen LogP contribution in [0.3, 0.4) is 0 Å². The van der Waals surface area contributed by atoms with Crippen LogP contribution >= 0.6 is 0 Å². The molecule has 0 aliphatic carbocycles. The Balaban J connectivity index is 1.68. The van der Waals surface area contributed by atoms with Gasteiger partial charge in [-0.15, -0.1) is 0 Å². The Morgan fingerprint density at radius 1 is 1.16 bits per heavy atom. The largest absolute Gasteiger partial charge is 0.484 e. The van der Waals surface area contributed by atoms with E-state index < -0.39 is 0 Å². The van der Waals surface area contributed by atoms with Gasteiger partial charge in [0.2, 0.25) is 0 Å². The molecule has 0 radical (unpaired) electrons. The lowest BCUT2D eigenvalue weighted by molar-refractivity contribution is -0.118. The highest BCUT2D eigenvalue weighted by atomic mass is 16.5. The zero-order chi connectivity index (χ0) is 17.6. The van der Waals surface area contributed by atoms with E-state index >= 15 is 0 Å². The number of aryl methyl sites for hydroxylation is 2. The standard InChI is InChI=1S/C19H20N4O2/c1-3-17-21-19(23-22-17)15-6-4-5-7-16(15)20-18(24)12-25-14-10-8-13(2)9-11-14/h4-11H,3,12H2,1-2H3,(H,20,24)(H,21,22,23). The third kappa shape index (κ3) is 4.23. The molecule has 0 spiro atoms. The minimum absolute atomic E-state index is 0.0639. The van der Waals surface area contributed by atoms with Crippen LogP contribution in [0, 0.1) is 6.92 Å². The molecule has 0 saturated carbocycles. The van der Waals surface area contributed by atoms with E-state index in [2.05, 4.69) is 20.5 Å². The third-order valence-corrected chi connectivity index (χ3v) is 3.70. The molecule has 2 N–H and O–H groups in total. The SMILES string of the molecule is CCc1nc(-c2ccccc2NC(=O)COc2ccc(C)cc2)n[nH]1. The Hall–Kier alpha value is -3.15. The summed E-state index contributed by atoms with van der Waals surface area (Å²) in [5.74, 6) is 1.79. The molecule has 1 amide bonds. The summed E-state index contributed by atoms with van der Waals surface area (Å²) in [4.78, 5) is 16.6. The molecule has 25 heavy (non-hydrogen) atoms. The van der Waals surface area contributed by atoms with Gasteiger partial charge in [0, 0.05) is 12.0 Å². The van der Waals surface area contributed by atoms with E-state index in [9.17, 15) is 4.79 Å². The van der Waals surface area contributed by atoms with Gasteiger partial charge in [0.05, 0.1) is 5.69 Å². The Morgan fingerprint density at radius 3 is 2.64 bits per heavy atom. The first-order valence-electron chi connectivity index (χ1n) is 8.15. The molecule has 2 aromatic carbocycles. The molecule has 3 aromatic rings. The number of carbonyl (C=O) groups excluding carboxylic acids is 1. The highest BCUT2D eigenvalue weighted by molar-refractivity contribution is 5.95. The average Bonchev–Trinajstić information content (AvgIpc) is 3.11. The second-order valence-corrected chi connectivity index (χ2v) is 5.65. The molecule has 0 fully saturated rings. The highest BCUT2D eigenvalue weighted by Gasteiger charge is 2.12. The number of hydrogen-bond donors (Lipinski definition) is 2. The lowest BCUT2D eigenvalue weighted by Gasteiger charge is -2.10. The molecule has 0 bridgehead atoms. The lowest BCUT2D eigenvalue weighted by atomic mass is 10.1. The van der Waals surface area contributed by atoms with E-state index in [0.717, 1.165) is 23.4 Å². The normalized spacial score (nSPS) is 10.5. The summed E-state index contributed by atoms with van der Waals surface area (Å²) in [7, 11) is 0. The predicted molar refractivity (Wildman–Crippen MR) is 96.5 cm³/mol. The van der Waals surface area contributed by atoms with E-state index in [-0.39, 0.29) is 12.5 Å². The number of H-pyrrole nitrogens is 1. The summed E-state index contributed by atoms with van der Waals surface area (Å²) in [5.41, 5.74) is 2.56. The number of aromatic amines is 1. The molecule has 0 saturated heterocycles. The second-order valence-electron chi connectivity index (χ2n) is 5.65. The van der Waals surface area contributed by atoms with Gasteiger partial charge in [-0.3, -0.25) is 9.89 Å². The molecule has 0 atom stereocenters. The predicted octanol–water partition coefficient (Wildman–Crippen LogP) is 3.36. The van der Waals surface area contributed by atoms with Gasteiger partial charge in [0.1, 0.15) is 11.6 Å². The van der Waals surface area contributed by atoms with Crippen LogP contribution < -0.4 is 10.1 Å². The van der Waals surface area contributed by atoms with E-state index in [1.807, 2.05) is 62.4 Å². The summed E-state index contributed by atoms with van der Waals surface area (Å²) < 4.78 is 5.51. The molecule has 0 aliphatic heterocycles. The smallest absolute Gasteiger partial charge is 0.262 e. The number of rotatable bonds is 6. The van der Waals surface area contributed by atoms with Gasteiger partial charge in [-0.05, 0) is 31.2 Å². The van der Waals surface area contributed by atoms with Crippen molar-refractivity contribution in [3.8, 4) is 17.1 Å². The fourth-order valence-corrected chi connectivity index (χ4v) is 2.33. The van der Waals surface area contributed by atoms with Crippen molar-refractivity contribution in [2.45, 2.75) is 20.3 Å². The first kappa shape index (κ1) is 16.7. The summed E-state index contributed by atoms with van der Waals surface area (Å²) >= 11 is 0. The van der Waals surface area contributed by atoms with E-state index in [0.29, 0.717) is 17.3 Å². The number of aromatic nitrogens is 3. The number of benzene rings is 2. The van der Waals surface area contributed by atoms with Gasteiger partial charge in [-0.25, -0.2) is 4.98 Å². The van der Waals surface area contributed by atoms with Crippen LogP contribution in [-0.4, -0.2) is 27.7 Å². The summed E-state index contributed by atoms with van der Waals surface area (Å²) in [5, 5.41) is 9.96. The zero-order valence-electron chi connectivity index (χ0n) is 14.2. The zero-order valence-corrected chi connectivity index (χ0v) is 14.2. The van der Waals surface area contributed by atoms with Crippen molar-refractivity contribution in [2.75, 3.05) is 11.9 Å². The maximum atomic E-state index is 12.2. The number of hydrogen-bond acceptors (Lipinski definition) is 4. The second kappa shape index (κ2) is 7.61. The van der Waals surface area contributed by atoms with Crippen molar-refractivity contribution in [3.05, 3.63) is 59.9 Å². The fraction of sp³-hybridized carbons (Fsp3) is 0.211. The molecule has 1 aromatic heterocycles. The van der Waals surface area contributed by atoms with Crippen molar-refractivity contribution >= 4 is 11.6 Å². The van der Waals surface area contributed by atoms with Crippen LogP contribution in [0.15, 0.2) is 48.5 Å². The van der Waals surface area contributed by atoms with Gasteiger partial charge in [-0.2, -0.15) is 5.10 Å². The molecular formula is C19H20N4O2. The van der Waals surface area contributed by atoms with Gasteiger partial charge in [-0.1, -0.05) is 36.8 Å². The fourth-order valence-electron chi connectivity index (χ4n) is 2.33. The van der Waals surface area contributed by atoms with Gasteiger partial charge in [0.15, 0.2) is 12.4 Å². The van der Waals surface area contributed by atoms with Gasteiger partial charge < -0.3 is 10.1 Å². The Labute approximate surface area is 146 Å². The van der Waals surface area contributed by atoms with Gasteiger partial charge in [0.25, 0.3) is 5.91 Å². The third-order valence-electron chi connectivity index (χ3n) is 3.70. The Morgan fingerprint density at radius 2 is 1.92 bits per heavy atom. The van der Waals surface area contributed by atoms with Crippen LogP contribution in [0.5, 0.6) is 5.75 Å². The minimum atomic E-state index is -0.237. The minimum Gasteiger partial charge on any atom is -0.484 e. The molecule has 128 valence electrons. The molecule has 3 rings (SSSR count). The maximum Gasteiger partial charge on any atom is 0.262 e. The van der Waals surface area contributed by atoms with E-state index in [1.54, 1.807) is 0 Å². The summed E-state index contributed by atoms with van der Waals surface area (Å²) in [6, 6.07) is 15.0. The monoisotopic (exact) mass is 336 g/mol. The summed E-state index contributed by atoms with van der Waals surface area (Å²) in [6.45, 7) is 3.94. The van der Waals surface area contributed by atoms with Crippen LogP contribution in [-0.2, 0) is 11.2 Å². The highest BCUT2D eigenvalue weighted by Crippen LogP contribution is 2.24. The van der Waals surface area contributed by atoms with Gasteiger partial charge >= 0.3 is 0 Å². The van der Waals surface area contributed by atoms with Crippen LogP contribution in [0.4, 0.5) is 5.69 Å². The van der Waals surface area contributed by atoms with Crippen molar-refractivity contribution in [1.29, 1.82) is 0 Å². The molecular weight excluding hydrogens is 316 g/mol. The van der Waals surface area contributed by atoms with Crippen molar-refractivity contribution in [2.24, 2.45) is 0 Å². The average molecular weight is 336 g/mol. The Kier molecular flexibility index (Phi) is 5.09. The molecule has 0 aliphatic rings. The molecule has 6 nitrogen and oxygen atoms in total.